The van der Waals surface area contributed by atoms with Crippen LogP contribution in [-0.2, 0) is 11.8 Å². The van der Waals surface area contributed by atoms with Crippen LogP contribution in [0.25, 0.3) is 22.6 Å². The maximum Gasteiger partial charge on any atom is 0.183 e. The zero-order valence-corrected chi connectivity index (χ0v) is 12.9. The van der Waals surface area contributed by atoms with E-state index in [0.717, 1.165) is 35.7 Å². The Kier molecular flexibility index (Phi) is 3.34. The van der Waals surface area contributed by atoms with Gasteiger partial charge in [0.05, 0.1) is 19.5 Å². The highest BCUT2D eigenvalue weighted by Crippen LogP contribution is 2.27. The molecule has 1 aliphatic rings. The van der Waals surface area contributed by atoms with Gasteiger partial charge in [-0.25, -0.2) is 15.0 Å². The highest BCUT2D eigenvalue weighted by atomic mass is 16.5. The Bertz CT molecular complexity index is 836. The summed E-state index contributed by atoms with van der Waals surface area (Å²) in [6, 6.07) is 7.58. The summed E-state index contributed by atoms with van der Waals surface area (Å²) < 4.78 is 7.42. The van der Waals surface area contributed by atoms with Gasteiger partial charge >= 0.3 is 0 Å². The molecule has 1 aliphatic heterocycles. The van der Waals surface area contributed by atoms with Gasteiger partial charge in [-0.15, -0.1) is 0 Å². The van der Waals surface area contributed by atoms with Crippen molar-refractivity contribution in [3.8, 4) is 11.4 Å². The maximum absolute atomic E-state index is 5.77. The lowest BCUT2D eigenvalue weighted by Gasteiger charge is -2.28. The minimum atomic E-state index is 0.665. The first-order valence-corrected chi connectivity index (χ1v) is 7.60. The zero-order valence-electron chi connectivity index (χ0n) is 12.9. The average molecular weight is 310 g/mol. The molecule has 3 heterocycles. The molecule has 1 aromatic carbocycles. The summed E-state index contributed by atoms with van der Waals surface area (Å²) >= 11 is 0. The van der Waals surface area contributed by atoms with Crippen molar-refractivity contribution in [3.63, 3.8) is 0 Å². The van der Waals surface area contributed by atoms with Gasteiger partial charge in [-0.2, -0.15) is 0 Å². The van der Waals surface area contributed by atoms with E-state index in [1.54, 1.807) is 6.33 Å². The minimum Gasteiger partial charge on any atom is -0.399 e. The Morgan fingerprint density at radius 1 is 1.09 bits per heavy atom. The van der Waals surface area contributed by atoms with Gasteiger partial charge in [0.15, 0.2) is 17.3 Å². The number of aryl methyl sites for hydroxylation is 1. The van der Waals surface area contributed by atoms with E-state index >= 15 is 0 Å². The van der Waals surface area contributed by atoms with Gasteiger partial charge in [-0.1, -0.05) is 0 Å². The largest absolute Gasteiger partial charge is 0.399 e. The molecule has 4 rings (SSSR count). The third kappa shape index (κ3) is 2.49. The molecule has 0 radical (unpaired) electrons. The molecule has 1 saturated heterocycles. The van der Waals surface area contributed by atoms with Crippen LogP contribution in [0.3, 0.4) is 0 Å². The Balaban J connectivity index is 1.88. The maximum atomic E-state index is 5.77. The summed E-state index contributed by atoms with van der Waals surface area (Å²) in [7, 11) is 1.96. The van der Waals surface area contributed by atoms with Crippen molar-refractivity contribution >= 4 is 22.7 Å². The van der Waals surface area contributed by atoms with Crippen LogP contribution in [0.1, 0.15) is 0 Å². The van der Waals surface area contributed by atoms with Crippen molar-refractivity contribution in [1.82, 2.24) is 19.5 Å². The van der Waals surface area contributed by atoms with Gasteiger partial charge in [0, 0.05) is 31.4 Å². The third-order valence-corrected chi connectivity index (χ3v) is 4.03. The van der Waals surface area contributed by atoms with Crippen LogP contribution in [0.15, 0.2) is 30.6 Å². The van der Waals surface area contributed by atoms with Gasteiger partial charge in [-0.05, 0) is 24.3 Å². The van der Waals surface area contributed by atoms with Crippen LogP contribution in [0.5, 0.6) is 0 Å². The van der Waals surface area contributed by atoms with Crippen LogP contribution >= 0.6 is 0 Å². The molecule has 0 saturated carbocycles. The van der Waals surface area contributed by atoms with Crippen LogP contribution in [-0.4, -0.2) is 45.8 Å². The number of fused-ring (bicyclic) bond motifs is 1. The highest BCUT2D eigenvalue weighted by molar-refractivity contribution is 5.86. The Morgan fingerprint density at radius 3 is 2.57 bits per heavy atom. The normalized spacial score (nSPS) is 15.3. The summed E-state index contributed by atoms with van der Waals surface area (Å²) in [5.41, 5.74) is 9.08. The monoisotopic (exact) mass is 310 g/mol. The van der Waals surface area contributed by atoms with E-state index in [9.17, 15) is 0 Å². The van der Waals surface area contributed by atoms with Crippen molar-refractivity contribution in [3.05, 3.63) is 30.6 Å². The molecule has 0 atom stereocenters. The van der Waals surface area contributed by atoms with Crippen molar-refractivity contribution < 1.29 is 4.74 Å². The molecular formula is C16H18N6O. The molecule has 0 aliphatic carbocycles. The minimum absolute atomic E-state index is 0.665. The number of benzene rings is 1. The van der Waals surface area contributed by atoms with Gasteiger partial charge in [0.25, 0.3) is 0 Å². The molecule has 1 fully saturated rings. The zero-order chi connectivity index (χ0) is 15.8. The molecule has 0 amide bonds. The lowest BCUT2D eigenvalue weighted by molar-refractivity contribution is 0.122. The van der Waals surface area contributed by atoms with Crippen LogP contribution in [0.2, 0.25) is 0 Å². The number of morpholine rings is 1. The smallest absolute Gasteiger partial charge is 0.183 e. The number of nitrogen functional groups attached to an aromatic ring is 1. The fraction of sp³-hybridized carbons (Fsp3) is 0.312. The van der Waals surface area contributed by atoms with E-state index in [0.29, 0.717) is 24.7 Å². The third-order valence-electron chi connectivity index (χ3n) is 4.03. The van der Waals surface area contributed by atoms with Crippen molar-refractivity contribution in [2.75, 3.05) is 36.9 Å². The van der Waals surface area contributed by atoms with Gasteiger partial charge < -0.3 is 19.9 Å². The second-order valence-electron chi connectivity index (χ2n) is 5.62. The number of aromatic nitrogens is 4. The summed E-state index contributed by atoms with van der Waals surface area (Å²) in [5, 5.41) is 0. The topological polar surface area (TPSA) is 82.1 Å². The standard InChI is InChI=1S/C16H18N6O/c1-21-10-18-15-13(21)16(22-6-8-23-9-7-22)20-14(19-15)11-2-4-12(17)5-3-11/h2-5,10H,6-9,17H2,1H3. The summed E-state index contributed by atoms with van der Waals surface area (Å²) in [6.07, 6.45) is 1.77. The number of nitrogens with two attached hydrogens (primary N) is 1. The molecule has 3 aromatic rings. The van der Waals surface area contributed by atoms with Gasteiger partial charge in [0.2, 0.25) is 0 Å². The van der Waals surface area contributed by atoms with E-state index in [-0.39, 0.29) is 0 Å². The molecule has 23 heavy (non-hydrogen) atoms. The number of anilines is 2. The second kappa shape index (κ2) is 5.51. The van der Waals surface area contributed by atoms with Crippen LogP contribution in [0, 0.1) is 0 Å². The van der Waals surface area contributed by atoms with E-state index in [1.807, 2.05) is 35.9 Å². The molecule has 7 nitrogen and oxygen atoms in total. The molecule has 0 bridgehead atoms. The van der Waals surface area contributed by atoms with Gasteiger partial charge in [-0.3, -0.25) is 0 Å². The molecule has 118 valence electrons. The molecule has 2 N–H and O–H groups in total. The predicted octanol–water partition coefficient (Wildman–Crippen LogP) is 1.45. The van der Waals surface area contributed by atoms with Crippen LogP contribution < -0.4 is 10.6 Å². The van der Waals surface area contributed by atoms with E-state index < -0.39 is 0 Å². The SMILES string of the molecule is Cn1cnc2nc(-c3ccc(N)cc3)nc(N3CCOCC3)c21. The number of imidazole rings is 1. The molecule has 2 aromatic heterocycles. The number of ether oxygens (including phenoxy) is 1. The number of rotatable bonds is 2. The summed E-state index contributed by atoms with van der Waals surface area (Å²) in [5.74, 6) is 1.57. The fourth-order valence-electron chi connectivity index (χ4n) is 2.79. The van der Waals surface area contributed by atoms with E-state index in [1.165, 1.54) is 0 Å². The lowest BCUT2D eigenvalue weighted by atomic mass is 10.2. The quantitative estimate of drug-likeness (QED) is 0.721. The van der Waals surface area contributed by atoms with E-state index in [2.05, 4.69) is 14.9 Å². The van der Waals surface area contributed by atoms with Crippen molar-refractivity contribution in [1.29, 1.82) is 0 Å². The first-order chi connectivity index (χ1) is 11.2. The number of nitrogens with zero attached hydrogens (tertiary/aromatic N) is 5. The summed E-state index contributed by atoms with van der Waals surface area (Å²) in [6.45, 7) is 3.05. The molecule has 0 spiro atoms. The molecule has 0 unspecified atom stereocenters. The molecular weight excluding hydrogens is 292 g/mol. The fourth-order valence-corrected chi connectivity index (χ4v) is 2.79. The Morgan fingerprint density at radius 2 is 1.83 bits per heavy atom. The molecule has 7 heteroatoms. The van der Waals surface area contributed by atoms with E-state index in [4.69, 9.17) is 15.5 Å². The number of hydrogen-bond donors (Lipinski definition) is 1. The first-order valence-electron chi connectivity index (χ1n) is 7.60. The second-order valence-corrected chi connectivity index (χ2v) is 5.62. The summed E-state index contributed by atoms with van der Waals surface area (Å²) in [4.78, 5) is 16.1. The number of hydrogen-bond acceptors (Lipinski definition) is 6. The average Bonchev–Trinajstić information content (AvgIpc) is 2.97. The Labute approximate surface area is 133 Å². The van der Waals surface area contributed by atoms with Crippen molar-refractivity contribution in [2.45, 2.75) is 0 Å². The highest BCUT2D eigenvalue weighted by Gasteiger charge is 2.20. The lowest BCUT2D eigenvalue weighted by Crippen LogP contribution is -2.37. The van der Waals surface area contributed by atoms with Gasteiger partial charge in [0.1, 0.15) is 5.52 Å². The van der Waals surface area contributed by atoms with Crippen LogP contribution in [0.4, 0.5) is 11.5 Å². The predicted molar refractivity (Wildman–Crippen MR) is 89.2 cm³/mol. The first kappa shape index (κ1) is 14.0. The Hall–Kier alpha value is -2.67. The van der Waals surface area contributed by atoms with Crippen molar-refractivity contribution in [2.24, 2.45) is 7.05 Å².